The predicted molar refractivity (Wildman–Crippen MR) is 108 cm³/mol. The van der Waals surface area contributed by atoms with Crippen molar-refractivity contribution in [2.75, 3.05) is 7.11 Å². The number of methoxy groups -OCH3 is 1. The second-order valence-electron chi connectivity index (χ2n) is 6.12. The Bertz CT molecular complexity index is 1090. The Morgan fingerprint density at radius 2 is 1.82 bits per heavy atom. The van der Waals surface area contributed by atoms with E-state index in [0.717, 1.165) is 17.0 Å². The third-order valence-electron chi connectivity index (χ3n) is 4.30. The van der Waals surface area contributed by atoms with Gasteiger partial charge in [0.1, 0.15) is 11.4 Å². The van der Waals surface area contributed by atoms with Gasteiger partial charge in [0.2, 0.25) is 0 Å². The first-order valence-electron chi connectivity index (χ1n) is 8.80. The normalized spacial score (nSPS) is 11.0. The summed E-state index contributed by atoms with van der Waals surface area (Å²) >= 11 is 0. The summed E-state index contributed by atoms with van der Waals surface area (Å²) in [4.78, 5) is 12.9. The van der Waals surface area contributed by atoms with Gasteiger partial charge in [0, 0.05) is 6.20 Å². The molecule has 0 aliphatic heterocycles. The van der Waals surface area contributed by atoms with Crippen LogP contribution in [0.4, 0.5) is 0 Å². The highest BCUT2D eigenvalue weighted by Crippen LogP contribution is 2.25. The van der Waals surface area contributed by atoms with Gasteiger partial charge in [0.15, 0.2) is 11.5 Å². The molecule has 4 rings (SSSR count). The average Bonchev–Trinajstić information content (AvgIpc) is 3.43. The van der Waals surface area contributed by atoms with Gasteiger partial charge in [-0.3, -0.25) is 4.79 Å². The third-order valence-corrected chi connectivity index (χ3v) is 4.30. The highest BCUT2D eigenvalue weighted by atomic mass is 16.5. The molecular weight excluding hydrogens is 352 g/mol. The van der Waals surface area contributed by atoms with E-state index in [1.54, 1.807) is 48.5 Å². The molecule has 2 aromatic heterocycles. The highest BCUT2D eigenvalue weighted by Gasteiger charge is 2.18. The van der Waals surface area contributed by atoms with Crippen LogP contribution in [0, 0.1) is 0 Å². The third kappa shape index (κ3) is 3.64. The zero-order valence-electron chi connectivity index (χ0n) is 15.3. The van der Waals surface area contributed by atoms with Crippen molar-refractivity contribution in [1.29, 1.82) is 0 Å². The van der Waals surface area contributed by atoms with Gasteiger partial charge in [-0.1, -0.05) is 36.4 Å². The number of ketones is 1. The van der Waals surface area contributed by atoms with Crippen LogP contribution in [0.2, 0.25) is 0 Å². The van der Waals surface area contributed by atoms with Gasteiger partial charge in [-0.2, -0.15) is 5.10 Å². The van der Waals surface area contributed by atoms with Crippen LogP contribution in [-0.2, 0) is 0 Å². The lowest BCUT2D eigenvalue weighted by molar-refractivity contribution is 0.104. The number of allylic oxidation sites excluding steroid dienone is 1. The minimum absolute atomic E-state index is 0.149. The van der Waals surface area contributed by atoms with E-state index in [0.29, 0.717) is 17.0 Å². The molecule has 0 N–H and O–H groups in total. The molecule has 5 nitrogen and oxygen atoms in total. The number of carbonyl (C=O) groups is 1. The minimum atomic E-state index is -0.149. The molecule has 0 saturated heterocycles. The van der Waals surface area contributed by atoms with E-state index in [1.165, 1.54) is 0 Å². The maximum absolute atomic E-state index is 12.9. The zero-order valence-corrected chi connectivity index (χ0v) is 15.3. The Kier molecular flexibility index (Phi) is 4.89. The fourth-order valence-corrected chi connectivity index (χ4v) is 2.84. The van der Waals surface area contributed by atoms with Crippen LogP contribution in [-0.4, -0.2) is 22.7 Å². The van der Waals surface area contributed by atoms with Crippen LogP contribution < -0.4 is 4.74 Å². The smallest absolute Gasteiger partial charge is 0.189 e. The molecule has 2 heterocycles. The van der Waals surface area contributed by atoms with E-state index in [4.69, 9.17) is 9.15 Å². The summed E-state index contributed by atoms with van der Waals surface area (Å²) in [6, 6.07) is 20.7. The first-order chi connectivity index (χ1) is 13.7. The number of ether oxygens (including phenoxy) is 1. The van der Waals surface area contributed by atoms with Gasteiger partial charge in [-0.15, -0.1) is 0 Å². The van der Waals surface area contributed by atoms with Gasteiger partial charge in [0.05, 0.1) is 24.6 Å². The van der Waals surface area contributed by atoms with E-state index in [1.807, 2.05) is 54.6 Å². The standard InChI is InChI=1S/C23H18N2O3/c1-27-19-12-9-17(10-13-19)11-14-21(26)20-16-25(18-6-3-2-4-7-18)24-23(20)22-8-5-15-28-22/h2-16H,1H3/b14-11+. The van der Waals surface area contributed by atoms with Crippen LogP contribution in [0.3, 0.4) is 0 Å². The topological polar surface area (TPSA) is 57.3 Å². The fraction of sp³-hybridized carbons (Fsp3) is 0.0435. The molecule has 0 fully saturated rings. The molecule has 0 radical (unpaired) electrons. The molecule has 0 saturated carbocycles. The first-order valence-corrected chi connectivity index (χ1v) is 8.80. The van der Waals surface area contributed by atoms with E-state index in [-0.39, 0.29) is 5.78 Å². The monoisotopic (exact) mass is 370 g/mol. The number of furan rings is 1. The van der Waals surface area contributed by atoms with Gasteiger partial charge in [0.25, 0.3) is 0 Å². The summed E-state index contributed by atoms with van der Waals surface area (Å²) in [6.07, 6.45) is 6.61. The lowest BCUT2D eigenvalue weighted by Gasteiger charge is -1.99. The van der Waals surface area contributed by atoms with Gasteiger partial charge in [-0.05, 0) is 48.0 Å². The van der Waals surface area contributed by atoms with Gasteiger partial charge < -0.3 is 9.15 Å². The van der Waals surface area contributed by atoms with Crippen LogP contribution in [0.5, 0.6) is 5.75 Å². The van der Waals surface area contributed by atoms with E-state index < -0.39 is 0 Å². The van der Waals surface area contributed by atoms with Crippen LogP contribution >= 0.6 is 0 Å². The van der Waals surface area contributed by atoms with E-state index in [9.17, 15) is 4.79 Å². The number of benzene rings is 2. The quantitative estimate of drug-likeness (QED) is 0.352. The highest BCUT2D eigenvalue weighted by molar-refractivity contribution is 6.10. The Morgan fingerprint density at radius 3 is 2.50 bits per heavy atom. The molecule has 28 heavy (non-hydrogen) atoms. The first kappa shape index (κ1) is 17.5. The largest absolute Gasteiger partial charge is 0.497 e. The Labute approximate surface area is 162 Å². The summed E-state index contributed by atoms with van der Waals surface area (Å²) in [7, 11) is 1.62. The second-order valence-corrected chi connectivity index (χ2v) is 6.12. The molecule has 0 spiro atoms. The SMILES string of the molecule is COc1ccc(/C=C/C(=O)c2cn(-c3ccccc3)nc2-c2ccco2)cc1. The lowest BCUT2D eigenvalue weighted by Crippen LogP contribution is -1.95. The number of para-hydroxylation sites is 1. The molecule has 2 aromatic carbocycles. The Balaban J connectivity index is 1.68. The molecule has 0 amide bonds. The molecule has 0 unspecified atom stereocenters. The molecule has 5 heteroatoms. The van der Waals surface area contributed by atoms with Crippen molar-refractivity contribution in [3.63, 3.8) is 0 Å². The number of hydrogen-bond donors (Lipinski definition) is 0. The fourth-order valence-electron chi connectivity index (χ4n) is 2.84. The second kappa shape index (κ2) is 7.80. The molecule has 4 aromatic rings. The van der Waals surface area contributed by atoms with Crippen molar-refractivity contribution in [3.05, 3.63) is 96.4 Å². The molecule has 0 atom stereocenters. The van der Waals surface area contributed by atoms with Crippen LogP contribution in [0.25, 0.3) is 23.2 Å². The molecule has 138 valence electrons. The van der Waals surface area contributed by atoms with Crippen molar-refractivity contribution in [2.45, 2.75) is 0 Å². The maximum atomic E-state index is 12.9. The Hall–Kier alpha value is -3.86. The van der Waals surface area contributed by atoms with E-state index in [2.05, 4.69) is 5.10 Å². The summed E-state index contributed by atoms with van der Waals surface area (Å²) in [5.41, 5.74) is 2.76. The number of aromatic nitrogens is 2. The zero-order chi connectivity index (χ0) is 19.3. The van der Waals surface area contributed by atoms with Crippen molar-refractivity contribution in [1.82, 2.24) is 9.78 Å². The maximum Gasteiger partial charge on any atom is 0.189 e. The van der Waals surface area contributed by atoms with E-state index >= 15 is 0 Å². The molecular formula is C23H18N2O3. The lowest BCUT2D eigenvalue weighted by atomic mass is 10.1. The number of nitrogens with zero attached hydrogens (tertiary/aromatic N) is 2. The van der Waals surface area contributed by atoms with Crippen molar-refractivity contribution in [2.24, 2.45) is 0 Å². The van der Waals surface area contributed by atoms with Gasteiger partial charge in [-0.25, -0.2) is 4.68 Å². The van der Waals surface area contributed by atoms with Crippen LogP contribution in [0.15, 0.2) is 89.7 Å². The average molecular weight is 370 g/mol. The van der Waals surface area contributed by atoms with Crippen molar-refractivity contribution >= 4 is 11.9 Å². The summed E-state index contributed by atoms with van der Waals surface area (Å²) < 4.78 is 12.3. The summed E-state index contributed by atoms with van der Waals surface area (Å²) in [5, 5.41) is 4.57. The predicted octanol–water partition coefficient (Wildman–Crippen LogP) is 5.04. The summed E-state index contributed by atoms with van der Waals surface area (Å²) in [5.74, 6) is 1.17. The number of rotatable bonds is 6. The number of hydrogen-bond acceptors (Lipinski definition) is 4. The molecule has 0 aliphatic carbocycles. The molecule has 0 aliphatic rings. The van der Waals surface area contributed by atoms with Crippen LogP contribution in [0.1, 0.15) is 15.9 Å². The Morgan fingerprint density at radius 1 is 1.04 bits per heavy atom. The van der Waals surface area contributed by atoms with Gasteiger partial charge >= 0.3 is 0 Å². The summed E-state index contributed by atoms with van der Waals surface area (Å²) in [6.45, 7) is 0. The van der Waals surface area contributed by atoms with Crippen molar-refractivity contribution in [3.8, 4) is 22.9 Å². The number of carbonyl (C=O) groups excluding carboxylic acids is 1. The van der Waals surface area contributed by atoms with Crippen molar-refractivity contribution < 1.29 is 13.9 Å². The molecule has 0 bridgehead atoms. The minimum Gasteiger partial charge on any atom is -0.497 e.